The lowest BCUT2D eigenvalue weighted by molar-refractivity contribution is 0.214. The standard InChI is InChI=1S/C26H32N2O3S/c1-2-32-25(22-9-5-6-10-23(22)29)26-27-19-24(31-26)20-11-13-21(14-12-20)30-18-17-28-15-7-3-4-8-16-28/h5-6,9-14,19,25,29H,2-4,7-8,15-18H2,1H3. The molecule has 2 aromatic carbocycles. The highest BCUT2D eigenvalue weighted by molar-refractivity contribution is 7.99. The predicted molar refractivity (Wildman–Crippen MR) is 130 cm³/mol. The highest BCUT2D eigenvalue weighted by Gasteiger charge is 2.23. The Hall–Kier alpha value is -2.44. The lowest BCUT2D eigenvalue weighted by Crippen LogP contribution is -2.29. The zero-order valence-electron chi connectivity index (χ0n) is 18.7. The molecule has 1 saturated heterocycles. The van der Waals surface area contributed by atoms with Crippen LogP contribution in [0.1, 0.15) is 49.3 Å². The normalized spacial score (nSPS) is 15.9. The number of hydrogen-bond acceptors (Lipinski definition) is 6. The van der Waals surface area contributed by atoms with Gasteiger partial charge in [0, 0.05) is 17.7 Å². The third kappa shape index (κ3) is 5.87. The minimum Gasteiger partial charge on any atom is -0.508 e. The van der Waals surface area contributed by atoms with Crippen molar-refractivity contribution in [3.63, 3.8) is 0 Å². The van der Waals surface area contributed by atoms with Crippen molar-refractivity contribution in [2.45, 2.75) is 37.9 Å². The van der Waals surface area contributed by atoms with Crippen LogP contribution in [-0.2, 0) is 0 Å². The van der Waals surface area contributed by atoms with Gasteiger partial charge in [-0.05, 0) is 62.0 Å². The van der Waals surface area contributed by atoms with Gasteiger partial charge in [-0.1, -0.05) is 38.0 Å². The van der Waals surface area contributed by atoms with Gasteiger partial charge in [0.25, 0.3) is 0 Å². The topological polar surface area (TPSA) is 58.7 Å². The van der Waals surface area contributed by atoms with E-state index in [1.165, 1.54) is 38.8 Å². The Labute approximate surface area is 194 Å². The first-order valence-electron chi connectivity index (χ1n) is 11.6. The van der Waals surface area contributed by atoms with E-state index in [1.807, 2.05) is 42.5 Å². The van der Waals surface area contributed by atoms with Crippen molar-refractivity contribution in [2.24, 2.45) is 0 Å². The number of nitrogens with zero attached hydrogens (tertiary/aromatic N) is 2. The fourth-order valence-corrected chi connectivity index (χ4v) is 5.04. The second-order valence-electron chi connectivity index (χ2n) is 8.09. The molecule has 3 aromatic rings. The van der Waals surface area contributed by atoms with Gasteiger partial charge in [0.15, 0.2) is 5.76 Å². The van der Waals surface area contributed by atoms with E-state index in [0.717, 1.165) is 29.2 Å². The summed E-state index contributed by atoms with van der Waals surface area (Å²) in [6.45, 7) is 6.16. The number of phenolic OH excluding ortho intramolecular Hbond substituents is 1. The molecule has 0 aliphatic carbocycles. The lowest BCUT2D eigenvalue weighted by atomic mass is 10.1. The van der Waals surface area contributed by atoms with E-state index in [1.54, 1.807) is 24.0 Å². The summed E-state index contributed by atoms with van der Waals surface area (Å²) in [5.74, 6) is 3.34. The number of benzene rings is 2. The summed E-state index contributed by atoms with van der Waals surface area (Å²) in [5, 5.41) is 10.1. The Morgan fingerprint density at radius 1 is 1.06 bits per heavy atom. The van der Waals surface area contributed by atoms with Crippen molar-refractivity contribution in [3.8, 4) is 22.8 Å². The minimum atomic E-state index is -0.142. The maximum absolute atomic E-state index is 10.3. The maximum Gasteiger partial charge on any atom is 0.212 e. The van der Waals surface area contributed by atoms with Crippen LogP contribution in [0.4, 0.5) is 0 Å². The molecule has 6 heteroatoms. The molecule has 5 nitrogen and oxygen atoms in total. The van der Waals surface area contributed by atoms with Crippen LogP contribution in [0.3, 0.4) is 0 Å². The number of hydrogen-bond donors (Lipinski definition) is 1. The number of thioether (sulfide) groups is 1. The molecule has 1 fully saturated rings. The number of aromatic nitrogens is 1. The molecule has 0 amide bonds. The van der Waals surface area contributed by atoms with Gasteiger partial charge in [-0.3, -0.25) is 4.90 Å². The van der Waals surface area contributed by atoms with Gasteiger partial charge in [0.2, 0.25) is 5.89 Å². The smallest absolute Gasteiger partial charge is 0.212 e. The maximum atomic E-state index is 10.3. The Kier molecular flexibility index (Phi) is 8.13. The zero-order valence-corrected chi connectivity index (χ0v) is 19.5. The van der Waals surface area contributed by atoms with E-state index in [9.17, 15) is 5.11 Å². The van der Waals surface area contributed by atoms with Gasteiger partial charge in [-0.15, -0.1) is 11.8 Å². The monoisotopic (exact) mass is 452 g/mol. The Morgan fingerprint density at radius 2 is 1.81 bits per heavy atom. The molecule has 0 spiro atoms. The summed E-state index contributed by atoms with van der Waals surface area (Å²) < 4.78 is 12.1. The molecule has 0 radical (unpaired) electrons. The number of para-hydroxylation sites is 1. The average molecular weight is 453 g/mol. The summed E-state index contributed by atoms with van der Waals surface area (Å²) in [5.41, 5.74) is 1.78. The number of phenols is 1. The quantitative estimate of drug-likeness (QED) is 0.420. The highest BCUT2D eigenvalue weighted by Crippen LogP contribution is 2.40. The van der Waals surface area contributed by atoms with Crippen molar-refractivity contribution in [1.29, 1.82) is 0 Å². The number of ether oxygens (including phenoxy) is 1. The van der Waals surface area contributed by atoms with E-state index in [2.05, 4.69) is 16.8 Å². The molecule has 1 atom stereocenters. The van der Waals surface area contributed by atoms with Crippen molar-refractivity contribution in [1.82, 2.24) is 9.88 Å². The van der Waals surface area contributed by atoms with Gasteiger partial charge >= 0.3 is 0 Å². The third-order valence-electron chi connectivity index (χ3n) is 5.81. The van der Waals surface area contributed by atoms with E-state index in [0.29, 0.717) is 18.3 Å². The number of rotatable bonds is 9. The van der Waals surface area contributed by atoms with Crippen LogP contribution < -0.4 is 4.74 Å². The molecule has 1 aromatic heterocycles. The fraction of sp³-hybridized carbons (Fsp3) is 0.423. The van der Waals surface area contributed by atoms with Crippen LogP contribution in [0.15, 0.2) is 59.1 Å². The zero-order chi connectivity index (χ0) is 22.2. The molecule has 1 aliphatic rings. The van der Waals surface area contributed by atoms with Crippen molar-refractivity contribution >= 4 is 11.8 Å². The molecule has 0 bridgehead atoms. The molecule has 2 heterocycles. The summed E-state index contributed by atoms with van der Waals surface area (Å²) in [4.78, 5) is 7.03. The second kappa shape index (κ2) is 11.4. The Balaban J connectivity index is 1.38. The molecular weight excluding hydrogens is 420 g/mol. The van der Waals surface area contributed by atoms with Gasteiger partial charge in [0.05, 0.1) is 6.20 Å². The SMILES string of the molecule is CCSC(c1ncc(-c2ccc(OCCN3CCCCCC3)cc2)o1)c1ccccc1O. The highest BCUT2D eigenvalue weighted by atomic mass is 32.2. The molecule has 1 N–H and O–H groups in total. The second-order valence-corrected chi connectivity index (χ2v) is 9.47. The van der Waals surface area contributed by atoms with E-state index in [4.69, 9.17) is 9.15 Å². The average Bonchev–Trinajstić information content (AvgIpc) is 3.16. The molecule has 1 unspecified atom stereocenters. The van der Waals surface area contributed by atoms with Crippen molar-refractivity contribution in [2.75, 3.05) is 32.0 Å². The molecule has 0 saturated carbocycles. The largest absolute Gasteiger partial charge is 0.508 e. The summed E-state index contributed by atoms with van der Waals surface area (Å²) in [7, 11) is 0. The summed E-state index contributed by atoms with van der Waals surface area (Å²) in [6, 6.07) is 15.4. The van der Waals surface area contributed by atoms with Crippen LogP contribution in [-0.4, -0.2) is 47.0 Å². The first kappa shape index (κ1) is 22.7. The van der Waals surface area contributed by atoms with Gasteiger partial charge in [-0.25, -0.2) is 4.98 Å². The molecule has 170 valence electrons. The third-order valence-corrected chi connectivity index (χ3v) is 6.94. The van der Waals surface area contributed by atoms with Crippen LogP contribution in [0, 0.1) is 0 Å². The predicted octanol–water partition coefficient (Wildman–Crippen LogP) is 6.14. The van der Waals surface area contributed by atoms with Gasteiger partial charge < -0.3 is 14.3 Å². The Bertz CT molecular complexity index is 965. The van der Waals surface area contributed by atoms with E-state index < -0.39 is 0 Å². The Morgan fingerprint density at radius 3 is 2.53 bits per heavy atom. The van der Waals surface area contributed by atoms with Gasteiger partial charge in [-0.2, -0.15) is 0 Å². The fourth-order valence-electron chi connectivity index (χ4n) is 4.08. The minimum absolute atomic E-state index is 0.142. The first-order chi connectivity index (χ1) is 15.7. The van der Waals surface area contributed by atoms with Crippen LogP contribution in [0.25, 0.3) is 11.3 Å². The molecule has 4 rings (SSSR count). The molecular formula is C26H32N2O3S. The van der Waals surface area contributed by atoms with Crippen LogP contribution in [0.5, 0.6) is 11.5 Å². The molecule has 1 aliphatic heterocycles. The summed E-state index contributed by atoms with van der Waals surface area (Å²) >= 11 is 1.69. The van der Waals surface area contributed by atoms with Crippen molar-refractivity contribution < 1.29 is 14.3 Å². The number of oxazole rings is 1. The lowest BCUT2D eigenvalue weighted by Gasteiger charge is -2.19. The summed E-state index contributed by atoms with van der Waals surface area (Å²) in [6.07, 6.45) is 7.07. The number of aromatic hydroxyl groups is 1. The first-order valence-corrected chi connectivity index (χ1v) is 12.6. The van der Waals surface area contributed by atoms with Crippen LogP contribution >= 0.6 is 11.8 Å². The van der Waals surface area contributed by atoms with Gasteiger partial charge in [0.1, 0.15) is 23.4 Å². The van der Waals surface area contributed by atoms with E-state index >= 15 is 0 Å². The van der Waals surface area contributed by atoms with Crippen LogP contribution in [0.2, 0.25) is 0 Å². The van der Waals surface area contributed by atoms with Crippen molar-refractivity contribution in [3.05, 3.63) is 66.2 Å². The van der Waals surface area contributed by atoms with E-state index in [-0.39, 0.29) is 11.0 Å². The molecule has 32 heavy (non-hydrogen) atoms. The number of likely N-dealkylation sites (tertiary alicyclic amines) is 1.